The van der Waals surface area contributed by atoms with Crippen molar-refractivity contribution in [3.63, 3.8) is 0 Å². The first kappa shape index (κ1) is 19.2. The lowest BCUT2D eigenvalue weighted by Gasteiger charge is -2.18. The number of ketones is 2. The number of pyridine rings is 1. The monoisotopic (exact) mass is 428 g/mol. The van der Waals surface area contributed by atoms with Crippen LogP contribution in [0.1, 0.15) is 38.8 Å². The van der Waals surface area contributed by atoms with Crippen LogP contribution in [0.4, 0.5) is 5.69 Å². The molecule has 0 saturated heterocycles. The molecule has 1 amide bonds. The zero-order chi connectivity index (χ0) is 21.5. The average molecular weight is 428 g/mol. The Morgan fingerprint density at radius 2 is 1.58 bits per heavy atom. The summed E-state index contributed by atoms with van der Waals surface area (Å²) in [5, 5.41) is 11.2. The zero-order valence-electron chi connectivity index (χ0n) is 16.4. The molecule has 152 valence electrons. The van der Waals surface area contributed by atoms with E-state index in [2.05, 4.69) is 15.5 Å². The molecule has 0 saturated carbocycles. The molecule has 2 aromatic carbocycles. The molecular formula is C23H16N4O3S. The molecule has 1 N–H and O–H groups in total. The van der Waals surface area contributed by atoms with Gasteiger partial charge in [-0.05, 0) is 37.3 Å². The molecule has 0 radical (unpaired) electrons. The van der Waals surface area contributed by atoms with Gasteiger partial charge < -0.3 is 5.32 Å². The van der Waals surface area contributed by atoms with E-state index in [-0.39, 0.29) is 17.5 Å². The van der Waals surface area contributed by atoms with Crippen molar-refractivity contribution in [3.05, 3.63) is 89.1 Å². The van der Waals surface area contributed by atoms with E-state index in [1.165, 1.54) is 11.8 Å². The molecule has 2 heterocycles. The van der Waals surface area contributed by atoms with Crippen LogP contribution in [0.25, 0.3) is 5.65 Å². The Balaban J connectivity index is 1.36. The smallest absolute Gasteiger partial charge is 0.237 e. The first-order valence-corrected chi connectivity index (χ1v) is 10.5. The molecule has 5 rings (SSSR count). The number of hydrogen-bond acceptors (Lipinski definition) is 6. The van der Waals surface area contributed by atoms with Gasteiger partial charge in [-0.3, -0.25) is 18.8 Å². The highest BCUT2D eigenvalue weighted by Gasteiger charge is 2.29. The first-order valence-electron chi connectivity index (χ1n) is 9.62. The number of nitrogens with zero attached hydrogens (tertiary/aromatic N) is 3. The van der Waals surface area contributed by atoms with E-state index in [9.17, 15) is 14.4 Å². The summed E-state index contributed by atoms with van der Waals surface area (Å²) in [5.74, 6) is -0.656. The van der Waals surface area contributed by atoms with Gasteiger partial charge in [-0.15, -0.1) is 10.2 Å². The van der Waals surface area contributed by atoms with E-state index < -0.39 is 5.25 Å². The summed E-state index contributed by atoms with van der Waals surface area (Å²) in [6.07, 6.45) is 1.84. The van der Waals surface area contributed by atoms with E-state index >= 15 is 0 Å². The highest BCUT2D eigenvalue weighted by Crippen LogP contribution is 2.30. The molecule has 7 nitrogen and oxygen atoms in total. The summed E-state index contributed by atoms with van der Waals surface area (Å²) >= 11 is 1.28. The van der Waals surface area contributed by atoms with Gasteiger partial charge >= 0.3 is 0 Å². The van der Waals surface area contributed by atoms with Gasteiger partial charge in [0.15, 0.2) is 22.4 Å². The van der Waals surface area contributed by atoms with E-state index in [4.69, 9.17) is 0 Å². The van der Waals surface area contributed by atoms with Crippen LogP contribution in [0.3, 0.4) is 0 Å². The van der Waals surface area contributed by atoms with Crippen molar-refractivity contribution in [1.82, 2.24) is 14.6 Å². The number of nitrogens with one attached hydrogen (secondary N) is 1. The van der Waals surface area contributed by atoms with Crippen LogP contribution < -0.4 is 5.32 Å². The van der Waals surface area contributed by atoms with Crippen LogP contribution in [0, 0.1) is 0 Å². The minimum absolute atomic E-state index is 0.189. The second kappa shape index (κ2) is 7.48. The van der Waals surface area contributed by atoms with Gasteiger partial charge in [0.1, 0.15) is 0 Å². The zero-order valence-corrected chi connectivity index (χ0v) is 17.2. The van der Waals surface area contributed by atoms with E-state index in [0.717, 1.165) is 0 Å². The summed E-state index contributed by atoms with van der Waals surface area (Å²) in [4.78, 5) is 38.3. The molecule has 8 heteroatoms. The molecule has 0 fully saturated rings. The van der Waals surface area contributed by atoms with Crippen molar-refractivity contribution in [2.75, 3.05) is 5.32 Å². The highest BCUT2D eigenvalue weighted by atomic mass is 32.2. The van der Waals surface area contributed by atoms with Crippen LogP contribution in [0.15, 0.2) is 72.0 Å². The third-order valence-electron chi connectivity index (χ3n) is 5.13. The Morgan fingerprint density at radius 3 is 2.35 bits per heavy atom. The maximum atomic E-state index is 12.9. The number of amides is 1. The summed E-state index contributed by atoms with van der Waals surface area (Å²) in [6, 6.07) is 17.1. The standard InChI is InChI=1S/C23H16N4O3S/c1-13(31-23-26-25-19-8-4-5-11-27(19)23)22(30)24-14-9-10-17-18(12-14)21(29)16-7-3-2-6-15(16)20(17)28/h2-13H,1H3,(H,24,30). The number of rotatable bonds is 4. The van der Waals surface area contributed by atoms with Crippen molar-refractivity contribution in [1.29, 1.82) is 0 Å². The summed E-state index contributed by atoms with van der Waals surface area (Å²) in [5.41, 5.74) is 2.59. The fourth-order valence-electron chi connectivity index (χ4n) is 3.53. The largest absolute Gasteiger partial charge is 0.325 e. The van der Waals surface area contributed by atoms with E-state index in [1.54, 1.807) is 49.4 Å². The van der Waals surface area contributed by atoms with Gasteiger partial charge in [0.05, 0.1) is 5.25 Å². The molecule has 4 aromatic rings. The van der Waals surface area contributed by atoms with E-state index in [1.807, 2.05) is 28.8 Å². The normalized spacial score (nSPS) is 13.6. The lowest BCUT2D eigenvalue weighted by atomic mass is 9.84. The van der Waals surface area contributed by atoms with Crippen LogP contribution >= 0.6 is 11.8 Å². The van der Waals surface area contributed by atoms with Crippen molar-refractivity contribution < 1.29 is 14.4 Å². The highest BCUT2D eigenvalue weighted by molar-refractivity contribution is 8.00. The molecule has 1 unspecified atom stereocenters. The van der Waals surface area contributed by atoms with Crippen LogP contribution in [-0.2, 0) is 4.79 Å². The quantitative estimate of drug-likeness (QED) is 0.440. The predicted octanol–water partition coefficient (Wildman–Crippen LogP) is 3.62. The van der Waals surface area contributed by atoms with Crippen molar-refractivity contribution in [2.45, 2.75) is 17.3 Å². The molecule has 1 atom stereocenters. The Labute approximate surface area is 181 Å². The Hall–Kier alpha value is -3.78. The number of thioether (sulfide) groups is 1. The predicted molar refractivity (Wildman–Crippen MR) is 117 cm³/mol. The molecule has 1 aliphatic carbocycles. The number of anilines is 1. The Kier molecular flexibility index (Phi) is 4.63. The lowest BCUT2D eigenvalue weighted by Crippen LogP contribution is -2.24. The Bertz CT molecular complexity index is 1380. The fourth-order valence-corrected chi connectivity index (χ4v) is 4.37. The number of benzene rings is 2. The van der Waals surface area contributed by atoms with E-state index in [0.29, 0.717) is 38.7 Å². The third-order valence-corrected chi connectivity index (χ3v) is 6.18. The molecule has 31 heavy (non-hydrogen) atoms. The fraction of sp³-hybridized carbons (Fsp3) is 0.0870. The Morgan fingerprint density at radius 1 is 0.903 bits per heavy atom. The first-order chi connectivity index (χ1) is 15.0. The number of aromatic nitrogens is 3. The summed E-state index contributed by atoms with van der Waals surface area (Å²) < 4.78 is 1.81. The van der Waals surface area contributed by atoms with Gasteiger partial charge in [-0.2, -0.15) is 0 Å². The third kappa shape index (κ3) is 3.30. The number of fused-ring (bicyclic) bond motifs is 3. The van der Waals surface area contributed by atoms with Gasteiger partial charge in [0, 0.05) is 34.1 Å². The molecule has 0 bridgehead atoms. The van der Waals surface area contributed by atoms with Crippen LogP contribution in [0.2, 0.25) is 0 Å². The van der Waals surface area contributed by atoms with Gasteiger partial charge in [-0.25, -0.2) is 0 Å². The average Bonchev–Trinajstić information content (AvgIpc) is 3.20. The second-order valence-corrected chi connectivity index (χ2v) is 8.43. The summed E-state index contributed by atoms with van der Waals surface area (Å²) in [7, 11) is 0. The molecule has 2 aromatic heterocycles. The van der Waals surface area contributed by atoms with Gasteiger partial charge in [-0.1, -0.05) is 42.1 Å². The van der Waals surface area contributed by atoms with Crippen LogP contribution in [-0.4, -0.2) is 37.3 Å². The molecule has 1 aliphatic rings. The minimum Gasteiger partial charge on any atom is -0.325 e. The van der Waals surface area contributed by atoms with Gasteiger partial charge in [0.25, 0.3) is 0 Å². The number of carbonyl (C=O) groups is 3. The minimum atomic E-state index is -0.457. The lowest BCUT2D eigenvalue weighted by molar-refractivity contribution is -0.115. The maximum Gasteiger partial charge on any atom is 0.237 e. The second-order valence-electron chi connectivity index (χ2n) is 7.12. The topological polar surface area (TPSA) is 93.4 Å². The van der Waals surface area contributed by atoms with Crippen LogP contribution in [0.5, 0.6) is 0 Å². The number of carbonyl (C=O) groups excluding carboxylic acids is 3. The van der Waals surface area contributed by atoms with Crippen molar-refractivity contribution in [3.8, 4) is 0 Å². The maximum absolute atomic E-state index is 12.9. The SMILES string of the molecule is CC(Sc1nnc2ccccn12)C(=O)Nc1ccc2c(c1)C(=O)c1ccccc1C2=O. The molecular weight excluding hydrogens is 412 g/mol. The summed E-state index contributed by atoms with van der Waals surface area (Å²) in [6.45, 7) is 1.77. The number of hydrogen-bond donors (Lipinski definition) is 1. The van der Waals surface area contributed by atoms with Crippen molar-refractivity contribution in [2.24, 2.45) is 0 Å². The van der Waals surface area contributed by atoms with Crippen molar-refractivity contribution >= 4 is 40.6 Å². The molecule has 0 spiro atoms. The molecule has 0 aliphatic heterocycles. The van der Waals surface area contributed by atoms with Gasteiger partial charge in [0.2, 0.25) is 5.91 Å².